The largest absolute Gasteiger partial charge is 0.480 e. The molecule has 7 nitrogen and oxygen atoms in total. The van der Waals surface area contributed by atoms with Crippen molar-refractivity contribution >= 4 is 18.0 Å². The summed E-state index contributed by atoms with van der Waals surface area (Å²) in [6.07, 6.45) is -0.501. The van der Waals surface area contributed by atoms with Gasteiger partial charge in [0.2, 0.25) is 0 Å². The summed E-state index contributed by atoms with van der Waals surface area (Å²) in [5.41, 5.74) is 2.95. The number of methoxy groups -OCH3 is 1. The second-order valence-electron chi connectivity index (χ2n) is 7.67. The van der Waals surface area contributed by atoms with E-state index in [-0.39, 0.29) is 38.5 Å². The standard InChI is InChI=1S/C23H23NO6/c1-29-21(27)23(20(25)26)10-12-24(13-11-23)22(28)30-14-19-17-8-4-2-6-15(17)16-7-3-5-9-18(16)19/h2-9,19H,10-14H2,1H3,(H,25,26). The van der Waals surface area contributed by atoms with E-state index in [2.05, 4.69) is 16.9 Å². The minimum Gasteiger partial charge on any atom is -0.480 e. The number of carbonyl (C=O) groups is 3. The van der Waals surface area contributed by atoms with Gasteiger partial charge < -0.3 is 19.5 Å². The van der Waals surface area contributed by atoms with Crippen LogP contribution in [0.2, 0.25) is 0 Å². The number of carboxylic acids is 1. The molecule has 0 saturated carbocycles. The van der Waals surface area contributed by atoms with Gasteiger partial charge in [0, 0.05) is 19.0 Å². The fourth-order valence-corrected chi connectivity index (χ4v) is 4.46. The van der Waals surface area contributed by atoms with Gasteiger partial charge in [-0.05, 0) is 35.1 Å². The maximum atomic E-state index is 12.6. The van der Waals surface area contributed by atoms with Crippen molar-refractivity contribution in [2.75, 3.05) is 26.8 Å². The number of carboxylic acid groups (broad SMARTS) is 1. The first kappa shape index (κ1) is 19.9. The van der Waals surface area contributed by atoms with Crippen molar-refractivity contribution < 1.29 is 29.0 Å². The smallest absolute Gasteiger partial charge is 0.409 e. The Kier molecular flexibility index (Phi) is 5.20. The van der Waals surface area contributed by atoms with E-state index in [0.717, 1.165) is 22.3 Å². The van der Waals surface area contributed by atoms with E-state index in [1.807, 2.05) is 36.4 Å². The molecule has 2 aromatic carbocycles. The van der Waals surface area contributed by atoms with Crippen LogP contribution in [-0.4, -0.2) is 54.8 Å². The molecule has 1 aliphatic carbocycles. The number of rotatable bonds is 4. The quantitative estimate of drug-likeness (QED) is 0.615. The molecule has 0 atom stereocenters. The van der Waals surface area contributed by atoms with E-state index in [9.17, 15) is 19.5 Å². The van der Waals surface area contributed by atoms with Crippen LogP contribution in [0.5, 0.6) is 0 Å². The molecule has 1 N–H and O–H groups in total. The summed E-state index contributed by atoms with van der Waals surface area (Å²) in [6, 6.07) is 16.2. The summed E-state index contributed by atoms with van der Waals surface area (Å²) < 4.78 is 10.3. The lowest BCUT2D eigenvalue weighted by Crippen LogP contribution is -2.51. The average Bonchev–Trinajstić information content (AvgIpc) is 3.10. The summed E-state index contributed by atoms with van der Waals surface area (Å²) in [4.78, 5) is 37.7. The topological polar surface area (TPSA) is 93.1 Å². The monoisotopic (exact) mass is 409 g/mol. The maximum Gasteiger partial charge on any atom is 0.409 e. The summed E-state index contributed by atoms with van der Waals surface area (Å²) in [5.74, 6) is -2.04. The first-order chi connectivity index (χ1) is 14.5. The van der Waals surface area contributed by atoms with Crippen LogP contribution in [0.4, 0.5) is 4.79 Å². The predicted molar refractivity (Wildman–Crippen MR) is 108 cm³/mol. The molecule has 0 spiro atoms. The lowest BCUT2D eigenvalue weighted by molar-refractivity contribution is -0.170. The average molecular weight is 409 g/mol. The molecule has 0 radical (unpaired) electrons. The lowest BCUT2D eigenvalue weighted by atomic mass is 9.78. The Morgan fingerprint density at radius 3 is 2.03 bits per heavy atom. The maximum absolute atomic E-state index is 12.6. The Hall–Kier alpha value is -3.35. The van der Waals surface area contributed by atoms with Gasteiger partial charge in [-0.1, -0.05) is 48.5 Å². The van der Waals surface area contributed by atoms with E-state index in [1.54, 1.807) is 0 Å². The first-order valence-corrected chi connectivity index (χ1v) is 9.89. The molecule has 7 heteroatoms. The van der Waals surface area contributed by atoms with E-state index in [1.165, 1.54) is 12.0 Å². The van der Waals surface area contributed by atoms with Crippen molar-refractivity contribution in [2.45, 2.75) is 18.8 Å². The number of benzene rings is 2. The number of ether oxygens (including phenoxy) is 2. The minimum atomic E-state index is -1.60. The molecule has 30 heavy (non-hydrogen) atoms. The number of carbonyl (C=O) groups excluding carboxylic acids is 2. The SMILES string of the molecule is COC(=O)C1(C(=O)O)CCN(C(=O)OCC2c3ccccc3-c3ccccc32)CC1. The van der Waals surface area contributed by atoms with Crippen molar-refractivity contribution in [1.82, 2.24) is 4.90 Å². The van der Waals surface area contributed by atoms with Gasteiger partial charge in [-0.3, -0.25) is 9.59 Å². The van der Waals surface area contributed by atoms with Crippen LogP contribution in [0.25, 0.3) is 11.1 Å². The Labute approximate surface area is 174 Å². The van der Waals surface area contributed by atoms with Crippen molar-refractivity contribution in [3.05, 3.63) is 59.7 Å². The van der Waals surface area contributed by atoms with Gasteiger partial charge >= 0.3 is 18.0 Å². The van der Waals surface area contributed by atoms with Crippen LogP contribution in [0.15, 0.2) is 48.5 Å². The van der Waals surface area contributed by atoms with Crippen molar-refractivity contribution in [3.63, 3.8) is 0 Å². The summed E-state index contributed by atoms with van der Waals surface area (Å²) in [7, 11) is 1.17. The highest BCUT2D eigenvalue weighted by Crippen LogP contribution is 2.44. The number of piperidine rings is 1. The molecule has 1 aliphatic heterocycles. The molecule has 4 rings (SSSR count). The van der Waals surface area contributed by atoms with E-state index in [4.69, 9.17) is 4.74 Å². The molecule has 1 fully saturated rings. The number of hydrogen-bond donors (Lipinski definition) is 1. The van der Waals surface area contributed by atoms with Gasteiger partial charge in [0.25, 0.3) is 0 Å². The zero-order chi connectivity index (χ0) is 21.3. The zero-order valence-corrected chi connectivity index (χ0v) is 16.7. The summed E-state index contributed by atoms with van der Waals surface area (Å²) in [5, 5.41) is 9.51. The second kappa shape index (κ2) is 7.82. The molecule has 156 valence electrons. The van der Waals surface area contributed by atoms with E-state index in [0.29, 0.717) is 0 Å². The minimum absolute atomic E-state index is 0.000792. The molecule has 2 aliphatic rings. The van der Waals surface area contributed by atoms with Crippen LogP contribution < -0.4 is 0 Å². The Balaban J connectivity index is 1.43. The fourth-order valence-electron chi connectivity index (χ4n) is 4.46. The molecular formula is C23H23NO6. The zero-order valence-electron chi connectivity index (χ0n) is 16.7. The van der Waals surface area contributed by atoms with Gasteiger partial charge in [-0.2, -0.15) is 0 Å². The van der Waals surface area contributed by atoms with Gasteiger partial charge in [-0.25, -0.2) is 4.79 Å². The van der Waals surface area contributed by atoms with E-state index >= 15 is 0 Å². The van der Waals surface area contributed by atoms with E-state index < -0.39 is 23.4 Å². The van der Waals surface area contributed by atoms with Crippen LogP contribution in [-0.2, 0) is 19.1 Å². The number of likely N-dealkylation sites (tertiary alicyclic amines) is 1. The summed E-state index contributed by atoms with van der Waals surface area (Å²) >= 11 is 0. The Morgan fingerprint density at radius 1 is 1.00 bits per heavy atom. The predicted octanol–water partition coefficient (Wildman–Crippen LogP) is 3.28. The van der Waals surface area contributed by atoms with Gasteiger partial charge in [0.05, 0.1) is 7.11 Å². The van der Waals surface area contributed by atoms with Crippen molar-refractivity contribution in [2.24, 2.45) is 5.41 Å². The second-order valence-corrected chi connectivity index (χ2v) is 7.67. The van der Waals surface area contributed by atoms with Gasteiger partial charge in [0.1, 0.15) is 6.61 Å². The first-order valence-electron chi connectivity index (χ1n) is 9.89. The third-order valence-electron chi connectivity index (χ3n) is 6.20. The van der Waals surface area contributed by atoms with Crippen LogP contribution in [0, 0.1) is 5.41 Å². The molecule has 0 unspecified atom stereocenters. The Morgan fingerprint density at radius 2 is 1.53 bits per heavy atom. The number of amides is 1. The molecule has 0 aromatic heterocycles. The third-order valence-corrected chi connectivity index (χ3v) is 6.20. The Bertz CT molecular complexity index is 947. The van der Waals surface area contributed by atoms with Crippen LogP contribution >= 0.6 is 0 Å². The van der Waals surface area contributed by atoms with Crippen molar-refractivity contribution in [3.8, 4) is 11.1 Å². The number of nitrogens with zero attached hydrogens (tertiary/aromatic N) is 1. The summed E-state index contributed by atoms with van der Waals surface area (Å²) in [6.45, 7) is 0.445. The fraction of sp³-hybridized carbons (Fsp3) is 0.348. The normalized spacial score (nSPS) is 17.0. The highest BCUT2D eigenvalue weighted by molar-refractivity contribution is 5.99. The van der Waals surface area contributed by atoms with Crippen molar-refractivity contribution in [1.29, 1.82) is 0 Å². The number of fused-ring (bicyclic) bond motifs is 3. The van der Waals surface area contributed by atoms with Crippen LogP contribution in [0.1, 0.15) is 29.9 Å². The van der Waals surface area contributed by atoms with Gasteiger partial charge in [0.15, 0.2) is 5.41 Å². The number of aliphatic carboxylic acids is 1. The molecule has 0 bridgehead atoms. The molecule has 1 heterocycles. The molecule has 2 aromatic rings. The lowest BCUT2D eigenvalue weighted by Gasteiger charge is -2.36. The highest BCUT2D eigenvalue weighted by atomic mass is 16.6. The highest BCUT2D eigenvalue weighted by Gasteiger charge is 2.50. The number of hydrogen-bond acceptors (Lipinski definition) is 5. The molecule has 1 saturated heterocycles. The molecular weight excluding hydrogens is 386 g/mol. The van der Waals surface area contributed by atoms with Gasteiger partial charge in [-0.15, -0.1) is 0 Å². The third kappa shape index (κ3) is 3.20. The molecule has 1 amide bonds. The number of esters is 1. The van der Waals surface area contributed by atoms with Crippen LogP contribution in [0.3, 0.4) is 0 Å².